The van der Waals surface area contributed by atoms with Crippen molar-refractivity contribution >= 4 is 22.1 Å². The van der Waals surface area contributed by atoms with Gasteiger partial charge in [0.1, 0.15) is 5.69 Å². The van der Waals surface area contributed by atoms with Crippen LogP contribution in [0.4, 0.5) is 0 Å². The summed E-state index contributed by atoms with van der Waals surface area (Å²) in [5, 5.41) is 8.93. The molecule has 1 atom stereocenters. The number of hydrazone groups is 1. The van der Waals surface area contributed by atoms with E-state index in [4.69, 9.17) is 5.10 Å². The van der Waals surface area contributed by atoms with E-state index in [0.29, 0.717) is 25.9 Å². The largest absolute Gasteiger partial charge is 0.273 e. The predicted octanol–water partition coefficient (Wildman–Crippen LogP) is 3.11. The molecule has 0 saturated carbocycles. The number of nitrogens with one attached hydrogen (secondary N) is 1. The smallest absolute Gasteiger partial charge is 0.244 e. The fraction of sp³-hybridized carbons (Fsp3) is 0.320. The number of carbonyl (C=O) groups is 1. The molecule has 1 unspecified atom stereocenters. The highest BCUT2D eigenvalue weighted by Gasteiger charge is 2.31. The second-order valence-electron chi connectivity index (χ2n) is 8.31. The van der Waals surface area contributed by atoms with Gasteiger partial charge in [-0.3, -0.25) is 9.48 Å². The fourth-order valence-corrected chi connectivity index (χ4v) is 5.23. The molecule has 2 aromatic carbocycles. The van der Waals surface area contributed by atoms with E-state index in [2.05, 4.69) is 10.5 Å². The van der Waals surface area contributed by atoms with Crippen molar-refractivity contribution in [2.75, 3.05) is 18.8 Å². The van der Waals surface area contributed by atoms with Gasteiger partial charge in [-0.05, 0) is 25.3 Å². The Labute approximate surface area is 200 Å². The molecular weight excluding hydrogens is 450 g/mol. The molecule has 178 valence electrons. The third-order valence-corrected chi connectivity index (χ3v) is 7.76. The molecule has 1 aliphatic rings. The van der Waals surface area contributed by atoms with Gasteiger partial charge in [0.2, 0.25) is 15.9 Å². The molecule has 0 radical (unpaired) electrons. The number of aromatic nitrogens is 2. The van der Waals surface area contributed by atoms with Crippen LogP contribution in [0, 0.1) is 5.92 Å². The predicted molar refractivity (Wildman–Crippen MR) is 133 cm³/mol. The third-order valence-electron chi connectivity index (χ3n) is 5.92. The molecule has 8 nitrogen and oxygen atoms in total. The van der Waals surface area contributed by atoms with E-state index in [0.717, 1.165) is 22.4 Å². The molecule has 4 rings (SSSR count). The van der Waals surface area contributed by atoms with Gasteiger partial charge in [0.05, 0.1) is 24.4 Å². The highest BCUT2D eigenvalue weighted by atomic mass is 32.2. The van der Waals surface area contributed by atoms with Crippen LogP contribution in [0.3, 0.4) is 0 Å². The number of hydrogen-bond donors (Lipinski definition) is 1. The van der Waals surface area contributed by atoms with Gasteiger partial charge in [0.25, 0.3) is 0 Å². The first kappa shape index (κ1) is 23.8. The van der Waals surface area contributed by atoms with Crippen molar-refractivity contribution in [3.8, 4) is 11.3 Å². The second kappa shape index (κ2) is 10.8. The lowest BCUT2D eigenvalue weighted by Crippen LogP contribution is -2.45. The highest BCUT2D eigenvalue weighted by molar-refractivity contribution is 7.89. The molecule has 1 aromatic heterocycles. The van der Waals surface area contributed by atoms with Crippen LogP contribution in [-0.4, -0.2) is 53.5 Å². The van der Waals surface area contributed by atoms with E-state index < -0.39 is 15.9 Å². The normalized spacial score (nSPS) is 17.1. The number of sulfonamides is 1. The van der Waals surface area contributed by atoms with Crippen molar-refractivity contribution in [3.63, 3.8) is 0 Å². The Morgan fingerprint density at radius 1 is 1.15 bits per heavy atom. The Morgan fingerprint density at radius 2 is 1.85 bits per heavy atom. The van der Waals surface area contributed by atoms with Crippen LogP contribution < -0.4 is 5.43 Å². The minimum atomic E-state index is -3.31. The van der Waals surface area contributed by atoms with Crippen LogP contribution in [0.25, 0.3) is 11.3 Å². The number of amides is 1. The minimum Gasteiger partial charge on any atom is -0.273 e. The molecular formula is C25H29N5O3S. The summed E-state index contributed by atoms with van der Waals surface area (Å²) < 4.78 is 27.6. The summed E-state index contributed by atoms with van der Waals surface area (Å²) in [7, 11) is -3.31. The standard InChI is InChI=1S/C25H29N5O3S/c1-2-34(32,33)30-15-9-14-22(19-30)25(31)27-26-16-23-18-29(17-20-10-5-3-6-11-20)28-24(23)21-12-7-4-8-13-21/h3-8,10-13,16,18,22H,2,9,14-15,17,19H2,1H3,(H,27,31)/b26-16+. The monoisotopic (exact) mass is 479 g/mol. The first-order chi connectivity index (χ1) is 16.5. The Morgan fingerprint density at radius 3 is 2.56 bits per heavy atom. The van der Waals surface area contributed by atoms with E-state index in [9.17, 15) is 13.2 Å². The molecule has 9 heteroatoms. The van der Waals surface area contributed by atoms with Gasteiger partial charge < -0.3 is 0 Å². The van der Waals surface area contributed by atoms with Crippen LogP contribution in [0.1, 0.15) is 30.9 Å². The van der Waals surface area contributed by atoms with Crippen molar-refractivity contribution in [1.82, 2.24) is 19.5 Å². The van der Waals surface area contributed by atoms with Crippen LogP contribution in [0.5, 0.6) is 0 Å². The number of nitrogens with zero attached hydrogens (tertiary/aromatic N) is 4. The van der Waals surface area contributed by atoms with Crippen molar-refractivity contribution < 1.29 is 13.2 Å². The Kier molecular flexibility index (Phi) is 7.54. The molecule has 0 spiro atoms. The van der Waals surface area contributed by atoms with E-state index in [1.807, 2.05) is 71.5 Å². The Hall–Kier alpha value is -3.30. The molecule has 0 bridgehead atoms. The van der Waals surface area contributed by atoms with E-state index in [1.54, 1.807) is 13.1 Å². The number of piperidine rings is 1. The molecule has 1 amide bonds. The van der Waals surface area contributed by atoms with Gasteiger partial charge in [0, 0.05) is 30.4 Å². The third kappa shape index (κ3) is 5.78. The van der Waals surface area contributed by atoms with Gasteiger partial charge in [-0.15, -0.1) is 0 Å². The average Bonchev–Trinajstić information content (AvgIpc) is 3.27. The summed E-state index contributed by atoms with van der Waals surface area (Å²) in [6.07, 6.45) is 4.80. The summed E-state index contributed by atoms with van der Waals surface area (Å²) in [6, 6.07) is 19.9. The molecule has 1 fully saturated rings. The SMILES string of the molecule is CCS(=O)(=O)N1CCCC(C(=O)N/N=C/c2cn(Cc3ccccc3)nc2-c2ccccc2)C1. The lowest BCUT2D eigenvalue weighted by Gasteiger charge is -2.30. The topological polar surface area (TPSA) is 96.7 Å². The van der Waals surface area contributed by atoms with Gasteiger partial charge in [-0.25, -0.2) is 18.1 Å². The Balaban J connectivity index is 1.48. The molecule has 2 heterocycles. The molecule has 1 saturated heterocycles. The minimum absolute atomic E-state index is 0.0364. The average molecular weight is 480 g/mol. The van der Waals surface area contributed by atoms with Gasteiger partial charge in [0.15, 0.2) is 0 Å². The van der Waals surface area contributed by atoms with E-state index >= 15 is 0 Å². The van der Waals surface area contributed by atoms with E-state index in [1.165, 1.54) is 4.31 Å². The fourth-order valence-electron chi connectivity index (χ4n) is 4.05. The number of benzene rings is 2. The van der Waals surface area contributed by atoms with Crippen LogP contribution in [0.15, 0.2) is 72.0 Å². The van der Waals surface area contributed by atoms with Gasteiger partial charge in [-0.2, -0.15) is 10.2 Å². The zero-order valence-corrected chi connectivity index (χ0v) is 20.0. The maximum absolute atomic E-state index is 12.7. The summed E-state index contributed by atoms with van der Waals surface area (Å²) in [5.74, 6) is -0.652. The molecule has 34 heavy (non-hydrogen) atoms. The highest BCUT2D eigenvalue weighted by Crippen LogP contribution is 2.22. The lowest BCUT2D eigenvalue weighted by molar-refractivity contribution is -0.126. The van der Waals surface area contributed by atoms with E-state index in [-0.39, 0.29) is 18.2 Å². The zero-order chi connectivity index (χ0) is 24.0. The summed E-state index contributed by atoms with van der Waals surface area (Å²) in [6.45, 7) is 2.89. The zero-order valence-electron chi connectivity index (χ0n) is 19.2. The molecule has 3 aromatic rings. The van der Waals surface area contributed by atoms with Crippen LogP contribution >= 0.6 is 0 Å². The molecule has 0 aliphatic carbocycles. The van der Waals surface area contributed by atoms with Crippen LogP contribution in [-0.2, 0) is 21.4 Å². The van der Waals surface area contributed by atoms with Crippen molar-refractivity contribution in [2.45, 2.75) is 26.3 Å². The maximum atomic E-state index is 12.7. The second-order valence-corrected chi connectivity index (χ2v) is 10.6. The summed E-state index contributed by atoms with van der Waals surface area (Å²) >= 11 is 0. The number of carbonyl (C=O) groups excluding carboxylic acids is 1. The first-order valence-corrected chi connectivity index (χ1v) is 13.0. The van der Waals surface area contributed by atoms with Gasteiger partial charge in [-0.1, -0.05) is 60.7 Å². The quantitative estimate of drug-likeness (QED) is 0.397. The lowest BCUT2D eigenvalue weighted by atomic mass is 9.99. The van der Waals surface area contributed by atoms with Crippen LogP contribution in [0.2, 0.25) is 0 Å². The Bertz CT molecular complexity index is 1240. The van der Waals surface area contributed by atoms with Gasteiger partial charge >= 0.3 is 0 Å². The molecule has 1 N–H and O–H groups in total. The van der Waals surface area contributed by atoms with Crippen molar-refractivity contribution in [2.24, 2.45) is 11.0 Å². The maximum Gasteiger partial charge on any atom is 0.244 e. The van der Waals surface area contributed by atoms with Crippen molar-refractivity contribution in [3.05, 3.63) is 78.0 Å². The summed E-state index contributed by atoms with van der Waals surface area (Å²) in [4.78, 5) is 12.7. The summed E-state index contributed by atoms with van der Waals surface area (Å²) in [5.41, 5.74) is 6.23. The first-order valence-electron chi connectivity index (χ1n) is 11.4. The molecule has 1 aliphatic heterocycles. The number of hydrogen-bond acceptors (Lipinski definition) is 5. The number of rotatable bonds is 8. The van der Waals surface area contributed by atoms with Crippen molar-refractivity contribution in [1.29, 1.82) is 0 Å².